The number of benzene rings is 1. The zero-order valence-electron chi connectivity index (χ0n) is 13.8. The van der Waals surface area contributed by atoms with Crippen LogP contribution in [-0.2, 0) is 11.3 Å². The molecule has 6 nitrogen and oxygen atoms in total. The van der Waals surface area contributed by atoms with Gasteiger partial charge in [-0.1, -0.05) is 6.07 Å². The summed E-state index contributed by atoms with van der Waals surface area (Å²) in [5, 5.41) is 6.33. The SMILES string of the molecule is CN=C(NCCCOC)NCc1ccc(-n2ccnc2)c(F)c1.I. The summed E-state index contributed by atoms with van der Waals surface area (Å²) in [6.07, 6.45) is 5.80. The van der Waals surface area contributed by atoms with Crippen LogP contribution in [0.4, 0.5) is 4.39 Å². The Labute approximate surface area is 158 Å². The van der Waals surface area contributed by atoms with Gasteiger partial charge in [0, 0.05) is 46.2 Å². The lowest BCUT2D eigenvalue weighted by molar-refractivity contribution is 0.195. The van der Waals surface area contributed by atoms with E-state index >= 15 is 0 Å². The molecule has 0 amide bonds. The van der Waals surface area contributed by atoms with Gasteiger partial charge in [-0.25, -0.2) is 9.37 Å². The van der Waals surface area contributed by atoms with Crippen LogP contribution >= 0.6 is 24.0 Å². The molecule has 8 heteroatoms. The molecule has 1 aromatic heterocycles. The third-order valence-corrected chi connectivity index (χ3v) is 3.30. The van der Waals surface area contributed by atoms with Crippen LogP contribution in [0.5, 0.6) is 0 Å². The third kappa shape index (κ3) is 6.08. The molecule has 1 heterocycles. The van der Waals surface area contributed by atoms with Crippen molar-refractivity contribution in [1.82, 2.24) is 20.2 Å². The lowest BCUT2D eigenvalue weighted by atomic mass is 10.2. The Balaban J connectivity index is 0.00000288. The van der Waals surface area contributed by atoms with Crippen LogP contribution in [0.3, 0.4) is 0 Å². The summed E-state index contributed by atoms with van der Waals surface area (Å²) >= 11 is 0. The van der Waals surface area contributed by atoms with Gasteiger partial charge in [0.15, 0.2) is 5.96 Å². The Hall–Kier alpha value is -1.68. The van der Waals surface area contributed by atoms with E-state index in [1.54, 1.807) is 43.5 Å². The predicted molar refractivity (Wildman–Crippen MR) is 104 cm³/mol. The van der Waals surface area contributed by atoms with E-state index in [4.69, 9.17) is 4.74 Å². The van der Waals surface area contributed by atoms with Crippen molar-refractivity contribution in [2.75, 3.05) is 27.3 Å². The van der Waals surface area contributed by atoms with E-state index in [2.05, 4.69) is 20.6 Å². The lowest BCUT2D eigenvalue weighted by Crippen LogP contribution is -2.37. The number of nitrogens with one attached hydrogen (secondary N) is 2. The third-order valence-electron chi connectivity index (χ3n) is 3.30. The van der Waals surface area contributed by atoms with Crippen molar-refractivity contribution < 1.29 is 9.13 Å². The number of aromatic nitrogens is 2. The van der Waals surface area contributed by atoms with Gasteiger partial charge < -0.3 is 19.9 Å². The number of rotatable bonds is 7. The second kappa shape index (κ2) is 11.0. The molecule has 0 aliphatic rings. The summed E-state index contributed by atoms with van der Waals surface area (Å²) in [6.45, 7) is 1.96. The fourth-order valence-corrected chi connectivity index (χ4v) is 2.10. The first kappa shape index (κ1) is 20.4. The van der Waals surface area contributed by atoms with Gasteiger partial charge in [-0.2, -0.15) is 0 Å². The molecule has 2 rings (SSSR count). The molecule has 0 atom stereocenters. The largest absolute Gasteiger partial charge is 0.385 e. The van der Waals surface area contributed by atoms with E-state index in [0.717, 1.165) is 18.5 Å². The van der Waals surface area contributed by atoms with E-state index in [9.17, 15) is 4.39 Å². The Bertz CT molecular complexity index is 633. The van der Waals surface area contributed by atoms with Crippen LogP contribution in [0.15, 0.2) is 41.9 Å². The summed E-state index contributed by atoms with van der Waals surface area (Å²) in [6, 6.07) is 5.13. The van der Waals surface area contributed by atoms with Crippen molar-refractivity contribution in [3.8, 4) is 5.69 Å². The first-order chi connectivity index (χ1) is 11.2. The van der Waals surface area contributed by atoms with Gasteiger partial charge in [0.25, 0.3) is 0 Å². The number of hydrogen-bond acceptors (Lipinski definition) is 3. The molecule has 0 spiro atoms. The van der Waals surface area contributed by atoms with Crippen molar-refractivity contribution in [3.05, 3.63) is 48.3 Å². The Morgan fingerprint density at radius 2 is 2.21 bits per heavy atom. The molecule has 0 aliphatic heterocycles. The Morgan fingerprint density at radius 1 is 1.38 bits per heavy atom. The number of aliphatic imine (C=N–C) groups is 1. The Kier molecular flexibility index (Phi) is 9.31. The van der Waals surface area contributed by atoms with Crippen molar-refractivity contribution in [1.29, 1.82) is 0 Å². The van der Waals surface area contributed by atoms with Gasteiger partial charge in [-0.15, -0.1) is 24.0 Å². The van der Waals surface area contributed by atoms with Crippen LogP contribution in [-0.4, -0.2) is 42.8 Å². The van der Waals surface area contributed by atoms with Crippen molar-refractivity contribution in [2.24, 2.45) is 4.99 Å². The van der Waals surface area contributed by atoms with Crippen molar-refractivity contribution >= 4 is 29.9 Å². The molecule has 2 N–H and O–H groups in total. The molecule has 0 saturated heterocycles. The van der Waals surface area contributed by atoms with E-state index in [1.165, 1.54) is 6.07 Å². The molecule has 0 fully saturated rings. The molecule has 0 aliphatic carbocycles. The Morgan fingerprint density at radius 3 is 2.83 bits per heavy atom. The summed E-state index contributed by atoms with van der Waals surface area (Å²) < 4.78 is 20.8. The van der Waals surface area contributed by atoms with Crippen LogP contribution in [0, 0.1) is 5.82 Å². The standard InChI is InChI=1S/C16H22FN5O.HI/c1-18-16(20-6-3-9-23-2)21-11-13-4-5-15(14(17)10-13)22-8-7-19-12-22;/h4-5,7-8,10,12H,3,6,9,11H2,1-2H3,(H2,18,20,21);1H. The zero-order chi connectivity index (χ0) is 16.5. The van der Waals surface area contributed by atoms with E-state index < -0.39 is 0 Å². The monoisotopic (exact) mass is 447 g/mol. The molecule has 24 heavy (non-hydrogen) atoms. The van der Waals surface area contributed by atoms with Gasteiger partial charge in [-0.05, 0) is 24.1 Å². The maximum absolute atomic E-state index is 14.2. The van der Waals surface area contributed by atoms with Crippen molar-refractivity contribution in [3.63, 3.8) is 0 Å². The summed E-state index contributed by atoms with van der Waals surface area (Å²) in [4.78, 5) is 8.05. The highest BCUT2D eigenvalue weighted by Gasteiger charge is 2.06. The fraction of sp³-hybridized carbons (Fsp3) is 0.375. The van der Waals surface area contributed by atoms with E-state index in [1.807, 2.05) is 6.07 Å². The number of halogens is 2. The number of guanidine groups is 1. The first-order valence-electron chi connectivity index (χ1n) is 7.45. The highest BCUT2D eigenvalue weighted by Crippen LogP contribution is 2.14. The molecule has 132 valence electrons. The molecular weight excluding hydrogens is 424 g/mol. The smallest absolute Gasteiger partial charge is 0.191 e. The second-order valence-electron chi connectivity index (χ2n) is 4.95. The highest BCUT2D eigenvalue weighted by atomic mass is 127. The quantitative estimate of drug-likeness (QED) is 0.296. The van der Waals surface area contributed by atoms with Gasteiger partial charge in [-0.3, -0.25) is 4.99 Å². The summed E-state index contributed by atoms with van der Waals surface area (Å²) in [7, 11) is 3.38. The van der Waals surface area contributed by atoms with Gasteiger partial charge in [0.1, 0.15) is 5.82 Å². The predicted octanol–water partition coefficient (Wildman–Crippen LogP) is 2.33. The topological polar surface area (TPSA) is 63.5 Å². The normalized spacial score (nSPS) is 11.0. The van der Waals surface area contributed by atoms with Crippen LogP contribution in [0.2, 0.25) is 0 Å². The lowest BCUT2D eigenvalue weighted by Gasteiger charge is -2.12. The average Bonchev–Trinajstić information content (AvgIpc) is 3.08. The zero-order valence-corrected chi connectivity index (χ0v) is 16.2. The number of imidazole rings is 1. The number of nitrogens with zero attached hydrogens (tertiary/aromatic N) is 3. The van der Waals surface area contributed by atoms with Crippen LogP contribution in [0.25, 0.3) is 5.69 Å². The number of ether oxygens (including phenoxy) is 1. The molecule has 1 aromatic carbocycles. The highest BCUT2D eigenvalue weighted by molar-refractivity contribution is 14.0. The molecule has 0 radical (unpaired) electrons. The van der Waals surface area contributed by atoms with Crippen LogP contribution < -0.4 is 10.6 Å². The molecule has 0 unspecified atom stereocenters. The second-order valence-corrected chi connectivity index (χ2v) is 4.95. The van der Waals surface area contributed by atoms with Gasteiger partial charge in [0.05, 0.1) is 12.0 Å². The maximum atomic E-state index is 14.2. The molecule has 0 bridgehead atoms. The molecule has 0 saturated carbocycles. The maximum Gasteiger partial charge on any atom is 0.191 e. The fourth-order valence-electron chi connectivity index (χ4n) is 2.10. The van der Waals surface area contributed by atoms with E-state index in [-0.39, 0.29) is 29.8 Å². The average molecular weight is 447 g/mol. The van der Waals surface area contributed by atoms with Gasteiger partial charge >= 0.3 is 0 Å². The van der Waals surface area contributed by atoms with Crippen molar-refractivity contribution in [2.45, 2.75) is 13.0 Å². The molecular formula is C16H23FIN5O. The summed E-state index contributed by atoms with van der Waals surface area (Å²) in [5.74, 6) is 0.394. The minimum atomic E-state index is -0.287. The number of hydrogen-bond donors (Lipinski definition) is 2. The van der Waals surface area contributed by atoms with Crippen LogP contribution in [0.1, 0.15) is 12.0 Å². The molecule has 2 aromatic rings. The van der Waals surface area contributed by atoms with E-state index in [0.29, 0.717) is 24.8 Å². The first-order valence-corrected chi connectivity index (χ1v) is 7.45. The number of methoxy groups -OCH3 is 1. The minimum absolute atomic E-state index is 0. The minimum Gasteiger partial charge on any atom is -0.385 e. The van der Waals surface area contributed by atoms with Gasteiger partial charge in [0.2, 0.25) is 0 Å². The summed E-state index contributed by atoms with van der Waals surface area (Å²) in [5.41, 5.74) is 1.32.